The molecule has 0 fully saturated rings. The SMILES string of the molecule is COc1ccc(-c2cc(-c3cccs3)nc(OCc3ccc(C(=O)[O-])cc3)c2C#N)cc1. The third-order valence-corrected chi connectivity index (χ3v) is 5.73. The van der Waals surface area contributed by atoms with Crippen LogP contribution in [0.2, 0.25) is 0 Å². The number of aromatic carboxylic acids is 1. The molecule has 0 radical (unpaired) electrons. The molecule has 2 aromatic heterocycles. The first-order valence-electron chi connectivity index (χ1n) is 9.65. The van der Waals surface area contributed by atoms with Gasteiger partial charge in [0, 0.05) is 5.56 Å². The Hall–Kier alpha value is -4.15. The van der Waals surface area contributed by atoms with E-state index in [2.05, 4.69) is 11.1 Å². The zero-order valence-electron chi connectivity index (χ0n) is 17.1. The first kappa shape index (κ1) is 21.1. The van der Waals surface area contributed by atoms with Crippen molar-refractivity contribution in [3.05, 3.63) is 88.8 Å². The van der Waals surface area contributed by atoms with Crippen LogP contribution in [-0.2, 0) is 6.61 Å². The molecule has 2 aromatic carbocycles. The summed E-state index contributed by atoms with van der Waals surface area (Å²) in [7, 11) is 1.60. The maximum atomic E-state index is 10.9. The molecule has 0 saturated heterocycles. The van der Waals surface area contributed by atoms with Crippen molar-refractivity contribution in [2.45, 2.75) is 6.61 Å². The Morgan fingerprint density at radius 3 is 2.47 bits per heavy atom. The van der Waals surface area contributed by atoms with E-state index in [0.717, 1.165) is 21.8 Å². The van der Waals surface area contributed by atoms with E-state index in [1.54, 1.807) is 30.6 Å². The van der Waals surface area contributed by atoms with E-state index in [1.165, 1.54) is 12.1 Å². The largest absolute Gasteiger partial charge is 0.545 e. The summed E-state index contributed by atoms with van der Waals surface area (Å²) < 4.78 is 11.2. The molecule has 4 rings (SSSR count). The third-order valence-electron chi connectivity index (χ3n) is 4.84. The Morgan fingerprint density at radius 2 is 1.88 bits per heavy atom. The van der Waals surface area contributed by atoms with Crippen LogP contribution in [0.25, 0.3) is 21.7 Å². The summed E-state index contributed by atoms with van der Waals surface area (Å²) in [5.74, 6) is -0.303. The minimum atomic E-state index is -1.24. The van der Waals surface area contributed by atoms with E-state index in [-0.39, 0.29) is 18.1 Å². The Labute approximate surface area is 188 Å². The highest BCUT2D eigenvalue weighted by molar-refractivity contribution is 7.13. The fourth-order valence-electron chi connectivity index (χ4n) is 3.17. The summed E-state index contributed by atoms with van der Waals surface area (Å²) in [6.45, 7) is 0.130. The van der Waals surface area contributed by atoms with E-state index in [4.69, 9.17) is 9.47 Å². The molecule has 0 aliphatic rings. The predicted octanol–water partition coefficient (Wildman–Crippen LogP) is 4.30. The van der Waals surface area contributed by atoms with Crippen LogP contribution in [0.15, 0.2) is 72.1 Å². The molecule has 0 spiro atoms. The number of thiophene rings is 1. The van der Waals surface area contributed by atoms with Gasteiger partial charge in [-0.25, -0.2) is 4.98 Å². The molecule has 0 aliphatic heterocycles. The van der Waals surface area contributed by atoms with Gasteiger partial charge in [-0.1, -0.05) is 42.5 Å². The number of hydrogen-bond donors (Lipinski definition) is 0. The first-order chi connectivity index (χ1) is 15.6. The van der Waals surface area contributed by atoms with Crippen molar-refractivity contribution in [2.24, 2.45) is 0 Å². The van der Waals surface area contributed by atoms with Crippen LogP contribution in [0, 0.1) is 11.3 Å². The molecule has 7 heteroatoms. The average molecular weight is 441 g/mol. The number of carbonyl (C=O) groups excluding carboxylic acids is 1. The molecule has 0 bridgehead atoms. The Bertz CT molecular complexity index is 1280. The molecular formula is C25H17N2O4S-. The summed E-state index contributed by atoms with van der Waals surface area (Å²) in [6, 6.07) is 21.6. The van der Waals surface area contributed by atoms with E-state index in [0.29, 0.717) is 16.8 Å². The van der Waals surface area contributed by atoms with Crippen LogP contribution in [0.3, 0.4) is 0 Å². The molecular weight excluding hydrogens is 424 g/mol. The highest BCUT2D eigenvalue weighted by Crippen LogP contribution is 2.35. The number of pyridine rings is 1. The van der Waals surface area contributed by atoms with Gasteiger partial charge in [0.1, 0.15) is 24.0 Å². The lowest BCUT2D eigenvalue weighted by molar-refractivity contribution is -0.255. The summed E-state index contributed by atoms with van der Waals surface area (Å²) in [5, 5.41) is 22.8. The molecule has 32 heavy (non-hydrogen) atoms. The molecule has 2 heterocycles. The van der Waals surface area contributed by atoms with Gasteiger partial charge in [-0.05, 0) is 46.3 Å². The molecule has 0 amide bonds. The zero-order chi connectivity index (χ0) is 22.5. The number of carboxylic acids is 1. The second-order valence-corrected chi connectivity index (χ2v) is 7.77. The van der Waals surface area contributed by atoms with Gasteiger partial charge in [0.25, 0.3) is 0 Å². The van der Waals surface area contributed by atoms with E-state index in [9.17, 15) is 15.2 Å². The van der Waals surface area contributed by atoms with Gasteiger partial charge in [-0.15, -0.1) is 11.3 Å². The van der Waals surface area contributed by atoms with Gasteiger partial charge < -0.3 is 19.4 Å². The topological polar surface area (TPSA) is 95.3 Å². The standard InChI is InChI=1S/C25H18N2O4S/c1-30-19-10-8-17(9-11-19)20-13-22(23-3-2-12-32-23)27-24(21(20)14-26)31-15-16-4-6-18(7-5-16)25(28)29/h2-13H,15H2,1H3,(H,28,29)/p-1. The maximum Gasteiger partial charge on any atom is 0.233 e. The van der Waals surface area contributed by atoms with Crippen LogP contribution < -0.4 is 14.6 Å². The predicted molar refractivity (Wildman–Crippen MR) is 119 cm³/mol. The molecule has 4 aromatic rings. The van der Waals surface area contributed by atoms with Crippen molar-refractivity contribution in [2.75, 3.05) is 7.11 Å². The van der Waals surface area contributed by atoms with Gasteiger partial charge in [0.05, 0.1) is 23.7 Å². The van der Waals surface area contributed by atoms with Gasteiger partial charge >= 0.3 is 0 Å². The van der Waals surface area contributed by atoms with Crippen LogP contribution in [-0.4, -0.2) is 18.1 Å². The number of nitriles is 1. The van der Waals surface area contributed by atoms with Crippen molar-refractivity contribution < 1.29 is 19.4 Å². The lowest BCUT2D eigenvalue weighted by Gasteiger charge is -2.13. The fourth-order valence-corrected chi connectivity index (χ4v) is 3.86. The number of carbonyl (C=O) groups is 1. The molecule has 0 unspecified atom stereocenters. The molecule has 0 atom stereocenters. The maximum absolute atomic E-state index is 10.9. The lowest BCUT2D eigenvalue weighted by Crippen LogP contribution is -2.22. The smallest absolute Gasteiger partial charge is 0.233 e. The molecule has 6 nitrogen and oxygen atoms in total. The van der Waals surface area contributed by atoms with Crippen molar-refractivity contribution in [3.63, 3.8) is 0 Å². The second kappa shape index (κ2) is 9.33. The number of ether oxygens (including phenoxy) is 2. The zero-order valence-corrected chi connectivity index (χ0v) is 17.9. The van der Waals surface area contributed by atoms with E-state index >= 15 is 0 Å². The third kappa shape index (κ3) is 4.46. The number of aromatic nitrogens is 1. The highest BCUT2D eigenvalue weighted by Gasteiger charge is 2.17. The van der Waals surface area contributed by atoms with Crippen molar-refractivity contribution in [1.82, 2.24) is 4.98 Å². The fraction of sp³-hybridized carbons (Fsp3) is 0.0800. The molecule has 158 valence electrons. The number of hydrogen-bond acceptors (Lipinski definition) is 7. The number of nitrogens with zero attached hydrogens (tertiary/aromatic N) is 2. The van der Waals surface area contributed by atoms with Gasteiger partial charge in [-0.2, -0.15) is 5.26 Å². The second-order valence-electron chi connectivity index (χ2n) is 6.83. The molecule has 0 saturated carbocycles. The van der Waals surface area contributed by atoms with Crippen molar-refractivity contribution in [1.29, 1.82) is 5.26 Å². The quantitative estimate of drug-likeness (QED) is 0.424. The number of methoxy groups -OCH3 is 1. The minimum absolute atomic E-state index is 0.0890. The average Bonchev–Trinajstić information content (AvgIpc) is 3.37. The van der Waals surface area contributed by atoms with Crippen molar-refractivity contribution >= 4 is 17.3 Å². The highest BCUT2D eigenvalue weighted by atomic mass is 32.1. The summed E-state index contributed by atoms with van der Waals surface area (Å²) >= 11 is 1.54. The van der Waals surface area contributed by atoms with Crippen LogP contribution in [0.5, 0.6) is 11.6 Å². The number of rotatable bonds is 7. The van der Waals surface area contributed by atoms with Crippen LogP contribution >= 0.6 is 11.3 Å². The van der Waals surface area contributed by atoms with Crippen LogP contribution in [0.1, 0.15) is 21.5 Å². The van der Waals surface area contributed by atoms with E-state index in [1.807, 2.05) is 47.8 Å². The first-order valence-corrected chi connectivity index (χ1v) is 10.5. The minimum Gasteiger partial charge on any atom is -0.545 e. The summed E-state index contributed by atoms with van der Waals surface area (Å²) in [4.78, 5) is 16.5. The number of benzene rings is 2. The van der Waals surface area contributed by atoms with E-state index < -0.39 is 5.97 Å². The Morgan fingerprint density at radius 1 is 1.12 bits per heavy atom. The molecule has 0 aliphatic carbocycles. The van der Waals surface area contributed by atoms with Gasteiger partial charge in [0.2, 0.25) is 5.88 Å². The lowest BCUT2D eigenvalue weighted by atomic mass is 10.00. The Balaban J connectivity index is 1.73. The molecule has 0 N–H and O–H groups in total. The summed E-state index contributed by atoms with van der Waals surface area (Å²) in [5.41, 5.74) is 3.40. The van der Waals surface area contributed by atoms with Crippen LogP contribution in [0.4, 0.5) is 0 Å². The summed E-state index contributed by atoms with van der Waals surface area (Å²) in [6.07, 6.45) is 0. The normalized spacial score (nSPS) is 10.4. The monoisotopic (exact) mass is 441 g/mol. The number of carboxylic acid groups (broad SMARTS) is 1. The van der Waals surface area contributed by atoms with Gasteiger partial charge in [0.15, 0.2) is 0 Å². The Kier molecular flexibility index (Phi) is 6.15. The van der Waals surface area contributed by atoms with Crippen molar-refractivity contribution in [3.8, 4) is 39.4 Å². The van der Waals surface area contributed by atoms with Gasteiger partial charge in [-0.3, -0.25) is 0 Å².